The number of pyridine rings is 1. The SMILES string of the molecule is CCOC(=O)c1cccc(-c2cccc3cc(Cc4ccc(=O)n(C(C)C)c4)sc23)c1. The molecule has 0 atom stereocenters. The van der Waals surface area contributed by atoms with Crippen LogP contribution < -0.4 is 5.56 Å². The zero-order valence-corrected chi connectivity index (χ0v) is 18.7. The third kappa shape index (κ3) is 4.47. The molecule has 0 amide bonds. The number of fused-ring (bicyclic) bond motifs is 1. The summed E-state index contributed by atoms with van der Waals surface area (Å²) in [5, 5.41) is 1.18. The third-order valence-corrected chi connectivity index (χ3v) is 6.40. The van der Waals surface area contributed by atoms with Crippen LogP contribution in [0.3, 0.4) is 0 Å². The molecule has 0 fully saturated rings. The van der Waals surface area contributed by atoms with Crippen molar-refractivity contribution >= 4 is 27.4 Å². The molecule has 0 aliphatic heterocycles. The van der Waals surface area contributed by atoms with Crippen molar-refractivity contribution in [3.8, 4) is 11.1 Å². The largest absolute Gasteiger partial charge is 0.462 e. The van der Waals surface area contributed by atoms with Crippen LogP contribution in [0.5, 0.6) is 0 Å². The van der Waals surface area contributed by atoms with E-state index in [9.17, 15) is 9.59 Å². The number of ether oxygens (including phenoxy) is 1. The lowest BCUT2D eigenvalue weighted by atomic mass is 10.0. The molecule has 0 aliphatic rings. The van der Waals surface area contributed by atoms with Crippen LogP contribution in [-0.2, 0) is 11.2 Å². The summed E-state index contributed by atoms with van der Waals surface area (Å²) >= 11 is 1.75. The predicted octanol–water partition coefficient (Wildman–Crippen LogP) is 6.08. The molecule has 4 aromatic rings. The second-order valence-corrected chi connectivity index (χ2v) is 8.93. The van der Waals surface area contributed by atoms with Gasteiger partial charge in [-0.15, -0.1) is 11.3 Å². The number of hydrogen-bond donors (Lipinski definition) is 0. The molecule has 158 valence electrons. The van der Waals surface area contributed by atoms with Crippen molar-refractivity contribution in [2.45, 2.75) is 33.2 Å². The molecule has 0 saturated carbocycles. The molecule has 4 rings (SSSR count). The molecule has 0 unspecified atom stereocenters. The Balaban J connectivity index is 1.70. The van der Waals surface area contributed by atoms with E-state index in [0.717, 1.165) is 23.1 Å². The maximum Gasteiger partial charge on any atom is 0.338 e. The molecule has 4 nitrogen and oxygen atoms in total. The first kappa shape index (κ1) is 21.1. The van der Waals surface area contributed by atoms with E-state index in [1.807, 2.05) is 57.3 Å². The van der Waals surface area contributed by atoms with E-state index in [4.69, 9.17) is 4.74 Å². The van der Waals surface area contributed by atoms with E-state index >= 15 is 0 Å². The van der Waals surface area contributed by atoms with Crippen molar-refractivity contribution in [1.82, 2.24) is 4.57 Å². The molecule has 31 heavy (non-hydrogen) atoms. The summed E-state index contributed by atoms with van der Waals surface area (Å²) in [5.74, 6) is -0.302. The van der Waals surface area contributed by atoms with Gasteiger partial charge in [0.2, 0.25) is 0 Å². The summed E-state index contributed by atoms with van der Waals surface area (Å²) in [6.45, 7) is 6.20. The van der Waals surface area contributed by atoms with Gasteiger partial charge in [-0.2, -0.15) is 0 Å². The highest BCUT2D eigenvalue weighted by molar-refractivity contribution is 7.19. The van der Waals surface area contributed by atoms with Crippen LogP contribution in [-0.4, -0.2) is 17.1 Å². The molecule has 0 bridgehead atoms. The first-order valence-electron chi connectivity index (χ1n) is 10.5. The van der Waals surface area contributed by atoms with Crippen molar-refractivity contribution in [3.05, 3.63) is 93.2 Å². The van der Waals surface area contributed by atoms with Crippen LogP contribution in [0.4, 0.5) is 0 Å². The smallest absolute Gasteiger partial charge is 0.338 e. The first-order chi connectivity index (χ1) is 15.0. The van der Waals surface area contributed by atoms with E-state index in [0.29, 0.717) is 12.2 Å². The Morgan fingerprint density at radius 1 is 1.06 bits per heavy atom. The lowest BCUT2D eigenvalue weighted by molar-refractivity contribution is 0.0526. The second kappa shape index (κ2) is 8.90. The molecular formula is C26H25NO3S. The fraction of sp³-hybridized carbons (Fsp3) is 0.231. The normalized spacial score (nSPS) is 11.2. The Kier molecular flexibility index (Phi) is 6.05. The van der Waals surface area contributed by atoms with Crippen LogP contribution in [0.1, 0.15) is 47.6 Å². The highest BCUT2D eigenvalue weighted by Crippen LogP contribution is 2.36. The Labute approximate surface area is 185 Å². The van der Waals surface area contributed by atoms with Crippen LogP contribution in [0.15, 0.2) is 71.7 Å². The fourth-order valence-electron chi connectivity index (χ4n) is 3.72. The highest BCUT2D eigenvalue weighted by Gasteiger charge is 2.12. The van der Waals surface area contributed by atoms with E-state index in [1.165, 1.54) is 15.0 Å². The number of carbonyl (C=O) groups excluding carboxylic acids is 1. The van der Waals surface area contributed by atoms with Gasteiger partial charge in [0.1, 0.15) is 0 Å². The summed E-state index contributed by atoms with van der Waals surface area (Å²) in [4.78, 5) is 25.4. The van der Waals surface area contributed by atoms with E-state index in [-0.39, 0.29) is 17.6 Å². The summed E-state index contributed by atoms with van der Waals surface area (Å²) < 4.78 is 8.11. The van der Waals surface area contributed by atoms with E-state index in [1.54, 1.807) is 28.0 Å². The molecular weight excluding hydrogens is 406 g/mol. The average molecular weight is 432 g/mol. The second-order valence-electron chi connectivity index (χ2n) is 7.79. The minimum Gasteiger partial charge on any atom is -0.462 e. The van der Waals surface area contributed by atoms with Gasteiger partial charge < -0.3 is 9.30 Å². The monoisotopic (exact) mass is 431 g/mol. The van der Waals surface area contributed by atoms with Gasteiger partial charge in [-0.25, -0.2) is 4.79 Å². The van der Waals surface area contributed by atoms with Crippen LogP contribution >= 0.6 is 11.3 Å². The number of carbonyl (C=O) groups is 1. The zero-order chi connectivity index (χ0) is 22.0. The van der Waals surface area contributed by atoms with Gasteiger partial charge in [-0.3, -0.25) is 4.79 Å². The maximum atomic E-state index is 12.2. The van der Waals surface area contributed by atoms with Gasteiger partial charge in [0, 0.05) is 34.3 Å². The molecule has 2 aromatic heterocycles. The molecule has 5 heteroatoms. The molecule has 0 spiro atoms. The number of benzene rings is 2. The number of hydrogen-bond acceptors (Lipinski definition) is 4. The standard InChI is InChI=1S/C26H25NO3S/c1-4-30-26(29)21-9-5-7-19(14-21)23-10-6-8-20-15-22(31-25(20)23)13-18-11-12-24(28)27(16-18)17(2)3/h5-12,14-17H,4,13H2,1-3H3. The minimum absolute atomic E-state index is 0.0267. The minimum atomic E-state index is -0.302. The van der Waals surface area contributed by atoms with Crippen molar-refractivity contribution in [2.75, 3.05) is 6.61 Å². The molecule has 0 N–H and O–H groups in total. The zero-order valence-electron chi connectivity index (χ0n) is 17.9. The Bertz CT molecular complexity index is 1300. The topological polar surface area (TPSA) is 48.3 Å². The first-order valence-corrected chi connectivity index (χ1v) is 11.3. The maximum absolute atomic E-state index is 12.2. The van der Waals surface area contributed by atoms with Gasteiger partial charge >= 0.3 is 5.97 Å². The van der Waals surface area contributed by atoms with Gasteiger partial charge in [-0.1, -0.05) is 36.4 Å². The van der Waals surface area contributed by atoms with Gasteiger partial charge in [0.25, 0.3) is 5.56 Å². The van der Waals surface area contributed by atoms with E-state index in [2.05, 4.69) is 18.2 Å². The van der Waals surface area contributed by atoms with E-state index < -0.39 is 0 Å². The van der Waals surface area contributed by atoms with Crippen molar-refractivity contribution in [1.29, 1.82) is 0 Å². The highest BCUT2D eigenvalue weighted by atomic mass is 32.1. The number of rotatable bonds is 6. The van der Waals surface area contributed by atoms with Crippen LogP contribution in [0, 0.1) is 0 Å². The van der Waals surface area contributed by atoms with Gasteiger partial charge in [0.15, 0.2) is 0 Å². The predicted molar refractivity (Wildman–Crippen MR) is 127 cm³/mol. The molecule has 2 heterocycles. The van der Waals surface area contributed by atoms with Gasteiger partial charge in [-0.05, 0) is 61.0 Å². The van der Waals surface area contributed by atoms with Crippen molar-refractivity contribution in [2.24, 2.45) is 0 Å². The summed E-state index contributed by atoms with van der Waals surface area (Å²) in [6, 6.07) is 19.7. The Morgan fingerprint density at radius 3 is 2.65 bits per heavy atom. The summed E-state index contributed by atoms with van der Waals surface area (Å²) in [5.41, 5.74) is 3.80. The summed E-state index contributed by atoms with van der Waals surface area (Å²) in [7, 11) is 0. The lowest BCUT2D eigenvalue weighted by Crippen LogP contribution is -2.20. The summed E-state index contributed by atoms with van der Waals surface area (Å²) in [6.07, 6.45) is 2.73. The van der Waals surface area contributed by atoms with Crippen molar-refractivity contribution in [3.63, 3.8) is 0 Å². The molecule has 0 saturated heterocycles. The number of nitrogens with zero attached hydrogens (tertiary/aromatic N) is 1. The lowest BCUT2D eigenvalue weighted by Gasteiger charge is -2.11. The number of esters is 1. The molecule has 0 radical (unpaired) electrons. The third-order valence-electron chi connectivity index (χ3n) is 5.21. The average Bonchev–Trinajstić information content (AvgIpc) is 3.17. The van der Waals surface area contributed by atoms with Gasteiger partial charge in [0.05, 0.1) is 12.2 Å². The molecule has 2 aromatic carbocycles. The number of aromatic nitrogens is 1. The molecule has 0 aliphatic carbocycles. The fourth-order valence-corrected chi connectivity index (χ4v) is 4.95. The van der Waals surface area contributed by atoms with Crippen LogP contribution in [0.2, 0.25) is 0 Å². The van der Waals surface area contributed by atoms with Crippen molar-refractivity contribution < 1.29 is 9.53 Å². The van der Waals surface area contributed by atoms with Crippen LogP contribution in [0.25, 0.3) is 21.2 Å². The Morgan fingerprint density at radius 2 is 1.87 bits per heavy atom. The number of thiophene rings is 1. The quantitative estimate of drug-likeness (QED) is 0.348. The Hall–Kier alpha value is -3.18.